The molecule has 5 rings (SSSR count). The Morgan fingerprint density at radius 1 is 0.955 bits per heavy atom. The molecule has 3 unspecified atom stereocenters. The van der Waals surface area contributed by atoms with E-state index < -0.39 is 12.3 Å². The van der Waals surface area contributed by atoms with Gasteiger partial charge in [0.2, 0.25) is 0 Å². The number of ether oxygens (including phenoxy) is 6. The Hall–Kier alpha value is -1.02. The molecule has 22 heavy (non-hydrogen) atoms. The van der Waals surface area contributed by atoms with Gasteiger partial charge in [-0.1, -0.05) is 24.3 Å². The third-order valence-corrected chi connectivity index (χ3v) is 4.71. The van der Waals surface area contributed by atoms with Crippen molar-refractivity contribution in [3.63, 3.8) is 0 Å². The van der Waals surface area contributed by atoms with Crippen molar-refractivity contribution in [1.29, 1.82) is 0 Å². The molecule has 4 aliphatic heterocycles. The Morgan fingerprint density at radius 3 is 2.59 bits per heavy atom. The highest BCUT2D eigenvalue weighted by Gasteiger charge is 2.64. The molecule has 4 aliphatic rings. The van der Waals surface area contributed by atoms with Crippen molar-refractivity contribution in [1.82, 2.24) is 0 Å². The fourth-order valence-corrected chi connectivity index (χ4v) is 3.66. The van der Waals surface area contributed by atoms with E-state index >= 15 is 0 Å². The molecule has 5 bridgehead atoms. The van der Waals surface area contributed by atoms with Gasteiger partial charge in [0, 0.05) is 6.92 Å². The minimum atomic E-state index is -1.03. The number of hydrogen-bond donors (Lipinski definition) is 0. The van der Waals surface area contributed by atoms with Crippen molar-refractivity contribution in [3.8, 4) is 0 Å². The van der Waals surface area contributed by atoms with E-state index in [1.54, 1.807) is 6.92 Å². The predicted octanol–water partition coefficient (Wildman–Crippen LogP) is 1.31. The van der Waals surface area contributed by atoms with E-state index in [0.717, 1.165) is 11.1 Å². The quantitative estimate of drug-likeness (QED) is 0.720. The standard InChI is InChI=1S/C16H18O6/c1-16-20-12-11-8-17-6-9-4-2-3-5-10(9)7-18-13(12)14(21-16)15(19-11)22-16/h2-5,11-15H,6-8H2,1H3/t11?,12-,13-,14?,15+,16?/m1/s1. The Morgan fingerprint density at radius 2 is 1.73 bits per heavy atom. The van der Waals surface area contributed by atoms with E-state index in [4.69, 9.17) is 28.4 Å². The first-order valence-electron chi connectivity index (χ1n) is 7.67. The van der Waals surface area contributed by atoms with Crippen molar-refractivity contribution >= 4 is 0 Å². The van der Waals surface area contributed by atoms with Gasteiger partial charge in [-0.2, -0.15) is 0 Å². The smallest absolute Gasteiger partial charge is 0.283 e. The second-order valence-electron chi connectivity index (χ2n) is 6.25. The van der Waals surface area contributed by atoms with E-state index in [-0.39, 0.29) is 24.4 Å². The maximum absolute atomic E-state index is 6.16. The molecule has 6 heteroatoms. The van der Waals surface area contributed by atoms with E-state index in [2.05, 4.69) is 12.1 Å². The van der Waals surface area contributed by atoms with Gasteiger partial charge in [-0.15, -0.1) is 0 Å². The van der Waals surface area contributed by atoms with Gasteiger partial charge in [-0.05, 0) is 11.1 Å². The molecule has 0 radical (unpaired) electrons. The lowest BCUT2D eigenvalue weighted by Gasteiger charge is -2.45. The van der Waals surface area contributed by atoms with Gasteiger partial charge in [0.15, 0.2) is 6.29 Å². The van der Waals surface area contributed by atoms with E-state index in [1.165, 1.54) is 0 Å². The number of fused-ring (bicyclic) bond motifs is 2. The largest absolute Gasteiger partial charge is 0.374 e. The van der Waals surface area contributed by atoms with Crippen LogP contribution in [0, 0.1) is 0 Å². The zero-order valence-corrected chi connectivity index (χ0v) is 12.3. The fraction of sp³-hybridized carbons (Fsp3) is 0.625. The third kappa shape index (κ3) is 1.96. The monoisotopic (exact) mass is 306 g/mol. The lowest BCUT2D eigenvalue weighted by Crippen LogP contribution is -2.62. The lowest BCUT2D eigenvalue weighted by molar-refractivity contribution is -0.387. The highest BCUT2D eigenvalue weighted by molar-refractivity contribution is 5.26. The zero-order valence-electron chi connectivity index (χ0n) is 12.3. The summed E-state index contributed by atoms with van der Waals surface area (Å²) < 4.78 is 35.5. The van der Waals surface area contributed by atoms with Crippen LogP contribution in [0.4, 0.5) is 0 Å². The average molecular weight is 306 g/mol. The molecule has 0 spiro atoms. The Labute approximate surface area is 128 Å². The molecule has 1 aromatic carbocycles. The van der Waals surface area contributed by atoms with Crippen LogP contribution in [0.2, 0.25) is 0 Å². The Kier molecular flexibility index (Phi) is 2.89. The molecular formula is C16H18O6. The average Bonchev–Trinajstić information content (AvgIpc) is 2.69. The van der Waals surface area contributed by atoms with E-state index in [0.29, 0.717) is 19.8 Å². The van der Waals surface area contributed by atoms with Crippen LogP contribution < -0.4 is 0 Å². The van der Waals surface area contributed by atoms with Gasteiger partial charge >= 0.3 is 0 Å². The summed E-state index contributed by atoms with van der Waals surface area (Å²) in [6, 6.07) is 8.14. The first-order chi connectivity index (χ1) is 10.7. The summed E-state index contributed by atoms with van der Waals surface area (Å²) >= 11 is 0. The Bertz CT molecular complexity index is 592. The zero-order chi connectivity index (χ0) is 14.7. The number of rotatable bonds is 0. The highest BCUT2D eigenvalue weighted by atomic mass is 17.0. The van der Waals surface area contributed by atoms with Crippen molar-refractivity contribution in [2.45, 2.75) is 56.8 Å². The summed E-state index contributed by atoms with van der Waals surface area (Å²) in [5, 5.41) is 0. The molecule has 0 amide bonds. The molecule has 6 nitrogen and oxygen atoms in total. The molecule has 0 saturated carbocycles. The fourth-order valence-electron chi connectivity index (χ4n) is 3.66. The van der Waals surface area contributed by atoms with Crippen molar-refractivity contribution in [2.75, 3.05) is 6.61 Å². The minimum Gasteiger partial charge on any atom is -0.374 e. The second-order valence-corrected chi connectivity index (χ2v) is 6.25. The van der Waals surface area contributed by atoms with E-state index in [9.17, 15) is 0 Å². The molecule has 3 saturated heterocycles. The third-order valence-electron chi connectivity index (χ3n) is 4.71. The summed E-state index contributed by atoms with van der Waals surface area (Å²) in [5.74, 6) is -1.03. The first kappa shape index (κ1) is 13.4. The van der Waals surface area contributed by atoms with Gasteiger partial charge in [-0.3, -0.25) is 4.74 Å². The van der Waals surface area contributed by atoms with Crippen LogP contribution in [0.5, 0.6) is 0 Å². The number of hydrogen-bond acceptors (Lipinski definition) is 6. The number of benzene rings is 1. The molecule has 0 aliphatic carbocycles. The van der Waals surface area contributed by atoms with Crippen molar-refractivity contribution in [3.05, 3.63) is 35.4 Å². The van der Waals surface area contributed by atoms with Crippen LogP contribution in [-0.4, -0.2) is 43.3 Å². The predicted molar refractivity (Wildman–Crippen MR) is 72.6 cm³/mol. The van der Waals surface area contributed by atoms with Crippen LogP contribution in [-0.2, 0) is 41.6 Å². The molecule has 1 aromatic rings. The van der Waals surface area contributed by atoms with Crippen LogP contribution in [0.15, 0.2) is 24.3 Å². The maximum Gasteiger partial charge on any atom is 0.283 e. The van der Waals surface area contributed by atoms with Crippen LogP contribution in [0.25, 0.3) is 0 Å². The van der Waals surface area contributed by atoms with Crippen LogP contribution >= 0.6 is 0 Å². The topological polar surface area (TPSA) is 55.4 Å². The van der Waals surface area contributed by atoms with Gasteiger partial charge in [-0.25, -0.2) is 0 Å². The molecular weight excluding hydrogens is 288 g/mol. The molecule has 3 fully saturated rings. The Balaban J connectivity index is 1.49. The summed E-state index contributed by atoms with van der Waals surface area (Å²) in [6.07, 6.45) is -1.38. The minimum absolute atomic E-state index is 0.206. The molecule has 118 valence electrons. The maximum atomic E-state index is 6.16. The SMILES string of the molecule is CC12OC3[C@@H](OC4COCc5ccccc5CO[C@@H]3[C@@H]4O1)O2. The molecule has 6 atom stereocenters. The van der Waals surface area contributed by atoms with E-state index in [1.807, 2.05) is 12.1 Å². The first-order valence-corrected chi connectivity index (χ1v) is 7.67. The summed E-state index contributed by atoms with van der Waals surface area (Å²) in [7, 11) is 0. The van der Waals surface area contributed by atoms with Gasteiger partial charge in [0.1, 0.15) is 24.4 Å². The molecule has 4 heterocycles. The van der Waals surface area contributed by atoms with Crippen LogP contribution in [0.3, 0.4) is 0 Å². The second kappa shape index (κ2) is 4.74. The normalized spacial score (nSPS) is 46.3. The lowest BCUT2D eigenvalue weighted by atomic mass is 9.97. The van der Waals surface area contributed by atoms with Crippen molar-refractivity contribution in [2.24, 2.45) is 0 Å². The summed E-state index contributed by atoms with van der Waals surface area (Å²) in [5.41, 5.74) is 2.27. The summed E-state index contributed by atoms with van der Waals surface area (Å²) in [4.78, 5) is 0. The molecule has 0 N–H and O–H groups in total. The van der Waals surface area contributed by atoms with Crippen molar-refractivity contribution < 1.29 is 28.4 Å². The van der Waals surface area contributed by atoms with Gasteiger partial charge in [0.05, 0.1) is 19.8 Å². The summed E-state index contributed by atoms with van der Waals surface area (Å²) in [6.45, 7) is 3.26. The van der Waals surface area contributed by atoms with Crippen LogP contribution in [0.1, 0.15) is 18.1 Å². The van der Waals surface area contributed by atoms with Gasteiger partial charge in [0.25, 0.3) is 5.97 Å². The molecule has 0 aromatic heterocycles. The highest BCUT2D eigenvalue weighted by Crippen LogP contribution is 2.46. The van der Waals surface area contributed by atoms with Gasteiger partial charge < -0.3 is 23.7 Å².